The van der Waals surface area contributed by atoms with Crippen molar-refractivity contribution < 1.29 is 19.5 Å². The van der Waals surface area contributed by atoms with Gasteiger partial charge in [-0.25, -0.2) is 4.79 Å². The third kappa shape index (κ3) is 6.83. The lowest BCUT2D eigenvalue weighted by atomic mass is 10.1. The fourth-order valence-electron chi connectivity index (χ4n) is 2.68. The highest BCUT2D eigenvalue weighted by Gasteiger charge is 2.22. The van der Waals surface area contributed by atoms with E-state index >= 15 is 0 Å². The van der Waals surface area contributed by atoms with Crippen LogP contribution in [0.3, 0.4) is 0 Å². The van der Waals surface area contributed by atoms with E-state index in [9.17, 15) is 15.0 Å². The van der Waals surface area contributed by atoms with Crippen LogP contribution >= 0.6 is 23.2 Å². The quantitative estimate of drug-likeness (QED) is 0.327. The number of anilines is 2. The Bertz CT molecular complexity index is 978. The highest BCUT2D eigenvalue weighted by atomic mass is 35.5. The molecule has 5 N–H and O–H groups in total. The average Bonchev–Trinajstić information content (AvgIpc) is 3.23. The number of aliphatic hydroxyl groups excluding tert-OH is 2. The van der Waals surface area contributed by atoms with E-state index in [0.29, 0.717) is 22.2 Å². The summed E-state index contributed by atoms with van der Waals surface area (Å²) in [4.78, 5) is 16.8. The van der Waals surface area contributed by atoms with Gasteiger partial charge in [0.05, 0.1) is 25.3 Å². The second-order valence-corrected chi connectivity index (χ2v) is 7.53. The first-order valence-corrected chi connectivity index (χ1v) is 10.1. The Morgan fingerprint density at radius 3 is 2.23 bits per heavy atom. The maximum absolute atomic E-state index is 12.6. The van der Waals surface area contributed by atoms with E-state index in [0.717, 1.165) is 5.56 Å². The second kappa shape index (κ2) is 11.0. The van der Waals surface area contributed by atoms with Crippen molar-refractivity contribution in [2.75, 3.05) is 23.8 Å². The third-order valence-corrected chi connectivity index (χ3v) is 4.79. The molecule has 0 bridgehead atoms. The predicted octanol–water partition coefficient (Wildman–Crippen LogP) is 3.25. The van der Waals surface area contributed by atoms with E-state index in [1.807, 2.05) is 12.1 Å². The van der Waals surface area contributed by atoms with Gasteiger partial charge in [-0.2, -0.15) is 4.98 Å². The van der Waals surface area contributed by atoms with Gasteiger partial charge in [0, 0.05) is 22.2 Å². The smallest absolute Gasteiger partial charge is 0.321 e. The predicted molar refractivity (Wildman–Crippen MR) is 117 cm³/mol. The van der Waals surface area contributed by atoms with E-state index in [1.165, 1.54) is 0 Å². The molecule has 0 fully saturated rings. The summed E-state index contributed by atoms with van der Waals surface area (Å²) in [6, 6.07) is 12.1. The Balaban J connectivity index is 1.75. The van der Waals surface area contributed by atoms with Gasteiger partial charge in [-0.15, -0.1) is 0 Å². The minimum Gasteiger partial charge on any atom is -0.394 e. The first-order chi connectivity index (χ1) is 15.0. The molecule has 2 amide bonds. The second-order valence-electron chi connectivity index (χ2n) is 6.65. The number of halogens is 2. The molecular formula is C20H21Cl2N5O4. The molecule has 1 atom stereocenters. The van der Waals surface area contributed by atoms with Crippen molar-refractivity contribution in [3.63, 3.8) is 0 Å². The SMILES string of the molecule is O=C(Nc1ccc(Cl)cc1)N[C@@H](Cc1ccc(Cl)cc1)c1noc(NC(CO)CO)n1. The number of carbonyl (C=O) groups excluding carboxylic acids is 1. The van der Waals surface area contributed by atoms with Crippen molar-refractivity contribution in [1.29, 1.82) is 0 Å². The van der Waals surface area contributed by atoms with Crippen molar-refractivity contribution in [2.45, 2.75) is 18.5 Å². The first-order valence-electron chi connectivity index (χ1n) is 9.36. The summed E-state index contributed by atoms with van der Waals surface area (Å²) in [7, 11) is 0. The minimum atomic E-state index is -0.649. The number of urea groups is 1. The molecule has 3 rings (SSSR count). The standard InChI is InChI=1S/C20H21Cl2N5O4/c21-13-3-1-12(2-4-13)9-17(18-26-20(31-27-18)24-16(10-28)11-29)25-19(30)23-15-7-5-14(22)6-8-15/h1-8,16-17,28-29H,9-11H2,(H2,23,25,30)(H,24,26,27)/t17-/m0/s1. The number of amides is 2. The summed E-state index contributed by atoms with van der Waals surface area (Å²) >= 11 is 11.8. The van der Waals surface area contributed by atoms with Crippen LogP contribution in [0, 0.1) is 0 Å². The zero-order valence-corrected chi connectivity index (χ0v) is 17.8. The van der Waals surface area contributed by atoms with Crippen LogP contribution in [-0.4, -0.2) is 45.6 Å². The van der Waals surface area contributed by atoms with Gasteiger partial charge in [0.15, 0.2) is 5.82 Å². The summed E-state index contributed by atoms with van der Waals surface area (Å²) < 4.78 is 5.15. The third-order valence-electron chi connectivity index (χ3n) is 4.28. The summed E-state index contributed by atoms with van der Waals surface area (Å²) in [5, 5.41) is 31.8. The summed E-state index contributed by atoms with van der Waals surface area (Å²) in [6.45, 7) is -0.631. The van der Waals surface area contributed by atoms with Crippen molar-refractivity contribution in [3.8, 4) is 0 Å². The molecule has 164 valence electrons. The zero-order valence-electron chi connectivity index (χ0n) is 16.3. The molecule has 0 saturated heterocycles. The van der Waals surface area contributed by atoms with Gasteiger partial charge in [-0.1, -0.05) is 40.5 Å². The molecule has 1 aromatic heterocycles. The van der Waals surface area contributed by atoms with Crippen molar-refractivity contribution in [3.05, 3.63) is 70.0 Å². The van der Waals surface area contributed by atoms with Gasteiger partial charge in [-0.05, 0) is 42.0 Å². The topological polar surface area (TPSA) is 133 Å². The van der Waals surface area contributed by atoms with Crippen LogP contribution in [0.5, 0.6) is 0 Å². The molecule has 0 aliphatic heterocycles. The normalized spacial score (nSPS) is 11.9. The molecular weight excluding hydrogens is 445 g/mol. The van der Waals surface area contributed by atoms with Gasteiger partial charge in [-0.3, -0.25) is 0 Å². The largest absolute Gasteiger partial charge is 0.394 e. The van der Waals surface area contributed by atoms with Crippen LogP contribution in [0.1, 0.15) is 17.4 Å². The van der Waals surface area contributed by atoms with Crippen LogP contribution in [0.15, 0.2) is 53.1 Å². The molecule has 0 aliphatic carbocycles. The number of nitrogens with zero attached hydrogens (tertiary/aromatic N) is 2. The summed E-state index contributed by atoms with van der Waals surface area (Å²) in [6.07, 6.45) is 0.369. The van der Waals surface area contributed by atoms with E-state index < -0.39 is 18.1 Å². The van der Waals surface area contributed by atoms with Crippen LogP contribution in [0.4, 0.5) is 16.5 Å². The van der Waals surface area contributed by atoms with Gasteiger partial charge in [0.1, 0.15) is 0 Å². The van der Waals surface area contributed by atoms with Crippen LogP contribution in [0.25, 0.3) is 0 Å². The molecule has 0 aliphatic rings. The van der Waals surface area contributed by atoms with Gasteiger partial charge in [0.2, 0.25) is 0 Å². The molecule has 2 aromatic carbocycles. The Morgan fingerprint density at radius 1 is 1.00 bits per heavy atom. The Morgan fingerprint density at radius 2 is 1.61 bits per heavy atom. The molecule has 3 aromatic rings. The maximum Gasteiger partial charge on any atom is 0.321 e. The average molecular weight is 466 g/mol. The van der Waals surface area contributed by atoms with E-state index in [2.05, 4.69) is 26.1 Å². The van der Waals surface area contributed by atoms with E-state index in [1.54, 1.807) is 36.4 Å². The highest BCUT2D eigenvalue weighted by molar-refractivity contribution is 6.30. The molecule has 31 heavy (non-hydrogen) atoms. The van der Waals surface area contributed by atoms with E-state index in [4.69, 9.17) is 27.7 Å². The Hall–Kier alpha value is -2.85. The molecule has 0 radical (unpaired) electrons. The lowest BCUT2D eigenvalue weighted by molar-refractivity contribution is 0.201. The first kappa shape index (κ1) is 22.8. The number of aromatic nitrogens is 2. The molecule has 11 heteroatoms. The number of benzene rings is 2. The minimum absolute atomic E-state index is 0.0177. The fourth-order valence-corrected chi connectivity index (χ4v) is 2.93. The molecule has 1 heterocycles. The lowest BCUT2D eigenvalue weighted by Gasteiger charge is -2.16. The number of nitrogens with one attached hydrogen (secondary N) is 3. The number of carbonyl (C=O) groups is 1. The van der Waals surface area contributed by atoms with Crippen molar-refractivity contribution >= 4 is 40.9 Å². The highest BCUT2D eigenvalue weighted by Crippen LogP contribution is 2.20. The van der Waals surface area contributed by atoms with Gasteiger partial charge in [0.25, 0.3) is 0 Å². The molecule has 9 nitrogen and oxygen atoms in total. The van der Waals surface area contributed by atoms with Gasteiger partial charge >= 0.3 is 12.0 Å². The number of aliphatic hydroxyl groups is 2. The molecule has 0 unspecified atom stereocenters. The zero-order chi connectivity index (χ0) is 22.2. The maximum atomic E-state index is 12.6. The van der Waals surface area contributed by atoms with Crippen LogP contribution < -0.4 is 16.0 Å². The summed E-state index contributed by atoms with van der Waals surface area (Å²) in [5.41, 5.74) is 1.46. The molecule has 0 saturated carbocycles. The monoisotopic (exact) mass is 465 g/mol. The van der Waals surface area contributed by atoms with Gasteiger partial charge < -0.3 is 30.7 Å². The number of hydrogen-bond acceptors (Lipinski definition) is 7. The van der Waals surface area contributed by atoms with Crippen LogP contribution in [-0.2, 0) is 6.42 Å². The molecule has 0 spiro atoms. The number of rotatable bonds is 9. The summed E-state index contributed by atoms with van der Waals surface area (Å²) in [5.74, 6) is 0.221. The van der Waals surface area contributed by atoms with Crippen molar-refractivity contribution in [1.82, 2.24) is 15.5 Å². The van der Waals surface area contributed by atoms with E-state index in [-0.39, 0.29) is 25.1 Å². The fraction of sp³-hybridized carbons (Fsp3) is 0.250. The Kier molecular flexibility index (Phi) is 8.07. The van der Waals surface area contributed by atoms with Crippen molar-refractivity contribution in [2.24, 2.45) is 0 Å². The lowest BCUT2D eigenvalue weighted by Crippen LogP contribution is -2.34. The Labute approximate surface area is 188 Å². The number of hydrogen-bond donors (Lipinski definition) is 5. The van der Waals surface area contributed by atoms with Crippen LogP contribution in [0.2, 0.25) is 10.0 Å².